The van der Waals surface area contributed by atoms with Gasteiger partial charge in [-0.1, -0.05) is 36.4 Å². The van der Waals surface area contributed by atoms with Gasteiger partial charge in [-0.3, -0.25) is 9.59 Å². The van der Waals surface area contributed by atoms with E-state index in [0.717, 1.165) is 23.5 Å². The number of benzene rings is 2. The largest absolute Gasteiger partial charge is 0.368 e. The van der Waals surface area contributed by atoms with Crippen molar-refractivity contribution in [2.75, 3.05) is 38.1 Å². The van der Waals surface area contributed by atoms with Crippen LogP contribution < -0.4 is 4.90 Å². The van der Waals surface area contributed by atoms with Crippen LogP contribution in [0.4, 0.5) is 5.69 Å². The molecule has 2 aliphatic rings. The zero-order valence-electron chi connectivity index (χ0n) is 19.3. The lowest BCUT2D eigenvalue weighted by atomic mass is 9.81. The molecule has 33 heavy (non-hydrogen) atoms. The van der Waals surface area contributed by atoms with Crippen molar-refractivity contribution in [2.45, 2.75) is 25.8 Å². The highest BCUT2D eigenvalue weighted by Gasteiger charge is 2.44. The number of hydrogen-bond donors (Lipinski definition) is 0. The van der Waals surface area contributed by atoms with Crippen LogP contribution in [-0.2, 0) is 4.79 Å². The second kappa shape index (κ2) is 8.67. The molecule has 0 aliphatic carbocycles. The summed E-state index contributed by atoms with van der Waals surface area (Å²) in [5.41, 5.74) is 5.26. The van der Waals surface area contributed by atoms with Crippen LogP contribution in [0.5, 0.6) is 0 Å². The number of piperazine rings is 1. The second-order valence-electron chi connectivity index (χ2n) is 9.04. The van der Waals surface area contributed by atoms with Crippen LogP contribution in [0.15, 0.2) is 60.0 Å². The van der Waals surface area contributed by atoms with Crippen LogP contribution in [-0.4, -0.2) is 54.8 Å². The molecule has 6 heteroatoms. The number of fused-ring (bicyclic) bond motifs is 1. The third-order valence-corrected chi connectivity index (χ3v) is 7.92. The number of hydrogen-bond acceptors (Lipinski definition) is 4. The minimum absolute atomic E-state index is 0.0206. The molecule has 0 saturated carbocycles. The molecule has 5 rings (SSSR count). The van der Waals surface area contributed by atoms with Gasteiger partial charge in [-0.25, -0.2) is 0 Å². The van der Waals surface area contributed by atoms with E-state index in [0.29, 0.717) is 18.7 Å². The second-order valence-corrected chi connectivity index (χ2v) is 10.0. The minimum atomic E-state index is -0.394. The fourth-order valence-electron chi connectivity index (χ4n) is 5.18. The molecule has 1 saturated heterocycles. The van der Waals surface area contributed by atoms with Crippen molar-refractivity contribution in [2.24, 2.45) is 0 Å². The van der Waals surface area contributed by atoms with Crippen molar-refractivity contribution in [3.8, 4) is 0 Å². The Kier molecular flexibility index (Phi) is 5.71. The average Bonchev–Trinajstić information content (AvgIpc) is 3.37. The zero-order chi connectivity index (χ0) is 23.1. The van der Waals surface area contributed by atoms with Gasteiger partial charge in [-0.2, -0.15) is 0 Å². The van der Waals surface area contributed by atoms with Gasteiger partial charge in [0, 0.05) is 49.4 Å². The Hall–Kier alpha value is -3.12. The topological polar surface area (TPSA) is 43.9 Å². The first-order valence-electron chi connectivity index (χ1n) is 11.5. The van der Waals surface area contributed by atoms with Gasteiger partial charge in [0.25, 0.3) is 5.91 Å². The molecular weight excluding hydrogens is 430 g/mol. The number of likely N-dealkylation sites (N-methyl/N-ethyl adjacent to an activating group) is 1. The van der Waals surface area contributed by atoms with Gasteiger partial charge < -0.3 is 14.7 Å². The molecule has 1 aromatic heterocycles. The van der Waals surface area contributed by atoms with Crippen molar-refractivity contribution >= 4 is 28.8 Å². The summed E-state index contributed by atoms with van der Waals surface area (Å²) in [6.07, 6.45) is 0. The third kappa shape index (κ3) is 3.82. The van der Waals surface area contributed by atoms with Crippen molar-refractivity contribution in [1.29, 1.82) is 0 Å². The van der Waals surface area contributed by atoms with Crippen molar-refractivity contribution in [3.05, 3.63) is 87.1 Å². The standard InChI is InChI=1S/C27H29N3O2S/c1-18-10-11-19(2)22(17-18)29-12-14-30(15-13-29)27(32)24-20-7-4-5-8-21(20)26(31)28(3)25(24)23-9-6-16-33-23/h4-11,16-17,24-25H,12-15H2,1-3H3/t24-,25-/m1/s1. The Balaban J connectivity index is 1.43. The maximum Gasteiger partial charge on any atom is 0.254 e. The molecule has 3 aromatic rings. The Labute approximate surface area is 199 Å². The fraction of sp³-hybridized carbons (Fsp3) is 0.333. The van der Waals surface area contributed by atoms with E-state index in [2.05, 4.69) is 36.9 Å². The number of rotatable bonds is 3. The highest BCUT2D eigenvalue weighted by Crippen LogP contribution is 2.44. The number of carbonyl (C=O) groups excluding carboxylic acids is 2. The maximum absolute atomic E-state index is 14.0. The van der Waals surface area contributed by atoms with Crippen LogP contribution in [0.1, 0.15) is 43.9 Å². The van der Waals surface area contributed by atoms with Gasteiger partial charge in [0.15, 0.2) is 0 Å². The highest BCUT2D eigenvalue weighted by molar-refractivity contribution is 7.10. The summed E-state index contributed by atoms with van der Waals surface area (Å²) < 4.78 is 0. The number of carbonyl (C=O) groups is 2. The lowest BCUT2D eigenvalue weighted by Crippen LogP contribution is -2.53. The molecule has 2 aromatic carbocycles. The molecule has 2 amide bonds. The molecule has 2 atom stereocenters. The molecule has 0 unspecified atom stereocenters. The number of amides is 2. The molecular formula is C27H29N3O2S. The molecule has 0 bridgehead atoms. The Morgan fingerprint density at radius 3 is 2.45 bits per heavy atom. The van der Waals surface area contributed by atoms with E-state index >= 15 is 0 Å². The van der Waals surface area contributed by atoms with Crippen LogP contribution in [0, 0.1) is 13.8 Å². The summed E-state index contributed by atoms with van der Waals surface area (Å²) in [4.78, 5) is 34.3. The monoisotopic (exact) mass is 459 g/mol. The van der Waals surface area contributed by atoms with Crippen LogP contribution in [0.3, 0.4) is 0 Å². The van der Waals surface area contributed by atoms with E-state index in [1.165, 1.54) is 16.8 Å². The van der Waals surface area contributed by atoms with E-state index in [4.69, 9.17) is 0 Å². The van der Waals surface area contributed by atoms with E-state index < -0.39 is 5.92 Å². The van der Waals surface area contributed by atoms with Gasteiger partial charge in [0.1, 0.15) is 0 Å². The molecule has 0 radical (unpaired) electrons. The number of thiophene rings is 1. The molecule has 170 valence electrons. The molecule has 2 aliphatic heterocycles. The minimum Gasteiger partial charge on any atom is -0.368 e. The molecule has 1 fully saturated rings. The van der Waals surface area contributed by atoms with E-state index in [1.54, 1.807) is 16.2 Å². The summed E-state index contributed by atoms with van der Waals surface area (Å²) in [6.45, 7) is 7.24. The quantitative estimate of drug-likeness (QED) is 0.574. The van der Waals surface area contributed by atoms with Gasteiger partial charge in [0.2, 0.25) is 5.91 Å². The summed E-state index contributed by atoms with van der Waals surface area (Å²) >= 11 is 1.61. The van der Waals surface area contributed by atoms with E-state index in [9.17, 15) is 9.59 Å². The van der Waals surface area contributed by atoms with Crippen LogP contribution in [0.2, 0.25) is 0 Å². The van der Waals surface area contributed by atoms with Gasteiger partial charge in [0.05, 0.1) is 12.0 Å². The van der Waals surface area contributed by atoms with E-state index in [1.807, 2.05) is 53.7 Å². The van der Waals surface area contributed by atoms with Crippen molar-refractivity contribution < 1.29 is 9.59 Å². The molecule has 3 heterocycles. The van der Waals surface area contributed by atoms with Crippen molar-refractivity contribution in [1.82, 2.24) is 9.80 Å². The Morgan fingerprint density at radius 1 is 0.970 bits per heavy atom. The third-order valence-electron chi connectivity index (χ3n) is 6.98. The number of anilines is 1. The SMILES string of the molecule is Cc1ccc(C)c(N2CCN(C(=O)[C@@H]3c4ccccc4C(=O)N(C)[C@@H]3c3cccs3)CC2)c1. The average molecular weight is 460 g/mol. The van der Waals surface area contributed by atoms with Gasteiger partial charge in [-0.05, 0) is 54.1 Å². The first kappa shape index (κ1) is 21.7. The van der Waals surface area contributed by atoms with Gasteiger partial charge in [-0.15, -0.1) is 11.3 Å². The molecule has 0 spiro atoms. The summed E-state index contributed by atoms with van der Waals surface area (Å²) in [6, 6.07) is 17.9. The Morgan fingerprint density at radius 2 is 1.73 bits per heavy atom. The van der Waals surface area contributed by atoms with E-state index in [-0.39, 0.29) is 17.9 Å². The zero-order valence-corrected chi connectivity index (χ0v) is 20.1. The lowest BCUT2D eigenvalue weighted by molar-refractivity contribution is -0.134. The fourth-order valence-corrected chi connectivity index (χ4v) is 6.09. The predicted octanol–water partition coefficient (Wildman–Crippen LogP) is 4.62. The highest BCUT2D eigenvalue weighted by atomic mass is 32.1. The maximum atomic E-state index is 14.0. The normalized spacial score (nSPS) is 20.7. The summed E-state index contributed by atoms with van der Waals surface area (Å²) in [7, 11) is 1.82. The van der Waals surface area contributed by atoms with Crippen LogP contribution in [0.25, 0.3) is 0 Å². The number of aryl methyl sites for hydroxylation is 2. The summed E-state index contributed by atoms with van der Waals surface area (Å²) in [5.74, 6) is -0.302. The first-order chi connectivity index (χ1) is 16.0. The predicted molar refractivity (Wildman–Crippen MR) is 133 cm³/mol. The molecule has 5 nitrogen and oxygen atoms in total. The number of nitrogens with zero attached hydrogens (tertiary/aromatic N) is 3. The van der Waals surface area contributed by atoms with Gasteiger partial charge >= 0.3 is 0 Å². The first-order valence-corrected chi connectivity index (χ1v) is 12.3. The van der Waals surface area contributed by atoms with Crippen LogP contribution >= 0.6 is 11.3 Å². The summed E-state index contributed by atoms with van der Waals surface area (Å²) in [5, 5.41) is 2.01. The lowest BCUT2D eigenvalue weighted by Gasteiger charge is -2.43. The molecule has 0 N–H and O–H groups in total. The Bertz CT molecular complexity index is 1180. The smallest absolute Gasteiger partial charge is 0.254 e. The van der Waals surface area contributed by atoms with Crippen molar-refractivity contribution in [3.63, 3.8) is 0 Å².